The fourth-order valence-corrected chi connectivity index (χ4v) is 6.03. The van der Waals surface area contributed by atoms with Gasteiger partial charge in [0, 0.05) is 19.6 Å². The maximum Gasteiger partial charge on any atom is 0.243 e. The molecule has 13 nitrogen and oxygen atoms in total. The second-order valence-corrected chi connectivity index (χ2v) is 13.3. The number of benzene rings is 4. The smallest absolute Gasteiger partial charge is 0.243 e. The van der Waals surface area contributed by atoms with Crippen LogP contribution in [0.15, 0.2) is 107 Å². The standard InChI is InChI=1S/C41H54N10O3/c42-34(22-17-28-14-19-32(20-15-28)30-9-2-1-3-10-30)37(52)50-35(13-8-26-49-41(45)46)39(54)51-36(38(53)47-24-6-7-25-48-40(43)44)23-18-29-16-21-31-11-4-5-12-33(31)27-29/h1-5,9-12,14-16,19-21,27,34-36H,6-8,13,17-18,22-26,42H2,(H,47,53)(H,50,52)(H,51,54)(H4,43,44,48)(H4,45,46,49)/t34-,35-,36-/m0/s1. The molecule has 0 spiro atoms. The van der Waals surface area contributed by atoms with E-state index >= 15 is 0 Å². The number of guanidine groups is 2. The summed E-state index contributed by atoms with van der Waals surface area (Å²) in [6, 6.07) is 29.7. The summed E-state index contributed by atoms with van der Waals surface area (Å²) in [5.41, 5.74) is 32.5. The van der Waals surface area contributed by atoms with Gasteiger partial charge in [0.1, 0.15) is 12.1 Å². The fourth-order valence-electron chi connectivity index (χ4n) is 6.03. The van der Waals surface area contributed by atoms with Gasteiger partial charge in [0.2, 0.25) is 17.7 Å². The van der Waals surface area contributed by atoms with E-state index in [1.165, 1.54) is 0 Å². The highest BCUT2D eigenvalue weighted by Crippen LogP contribution is 2.20. The maximum absolute atomic E-state index is 13.9. The van der Waals surface area contributed by atoms with Crippen molar-refractivity contribution in [1.29, 1.82) is 0 Å². The predicted molar refractivity (Wildman–Crippen MR) is 217 cm³/mol. The number of nitrogens with zero attached hydrogens (tertiary/aromatic N) is 2. The molecule has 0 radical (unpaired) electrons. The first-order chi connectivity index (χ1) is 26.1. The van der Waals surface area contributed by atoms with Gasteiger partial charge in [-0.1, -0.05) is 97.1 Å². The largest absolute Gasteiger partial charge is 0.370 e. The summed E-state index contributed by atoms with van der Waals surface area (Å²) in [5, 5.41) is 10.9. The molecule has 0 saturated carbocycles. The van der Waals surface area contributed by atoms with E-state index in [-0.39, 0.29) is 30.8 Å². The Morgan fingerprint density at radius 2 is 1.13 bits per heavy atom. The van der Waals surface area contributed by atoms with Crippen molar-refractivity contribution in [1.82, 2.24) is 16.0 Å². The van der Waals surface area contributed by atoms with Crippen LogP contribution in [0.1, 0.15) is 49.7 Å². The van der Waals surface area contributed by atoms with E-state index in [1.807, 2.05) is 78.9 Å². The second kappa shape index (κ2) is 21.5. The van der Waals surface area contributed by atoms with Crippen LogP contribution in [0.5, 0.6) is 0 Å². The summed E-state index contributed by atoms with van der Waals surface area (Å²) >= 11 is 0. The molecule has 54 heavy (non-hydrogen) atoms. The van der Waals surface area contributed by atoms with E-state index in [4.69, 9.17) is 28.7 Å². The molecular weight excluding hydrogens is 681 g/mol. The molecule has 0 aromatic heterocycles. The maximum atomic E-state index is 13.9. The number of aliphatic imine (C=N–C) groups is 2. The average Bonchev–Trinajstić information content (AvgIpc) is 3.17. The number of amides is 3. The van der Waals surface area contributed by atoms with Crippen LogP contribution in [0.2, 0.25) is 0 Å². The van der Waals surface area contributed by atoms with Gasteiger partial charge >= 0.3 is 0 Å². The fraction of sp³-hybridized carbons (Fsp3) is 0.341. The molecule has 4 rings (SSSR count). The molecule has 0 aliphatic rings. The Bertz CT molecular complexity index is 1860. The van der Waals surface area contributed by atoms with Crippen LogP contribution < -0.4 is 44.6 Å². The van der Waals surface area contributed by atoms with Crippen molar-refractivity contribution < 1.29 is 14.4 Å². The number of hydrogen-bond donors (Lipinski definition) is 8. The third-order valence-corrected chi connectivity index (χ3v) is 9.07. The molecule has 286 valence electrons. The van der Waals surface area contributed by atoms with Crippen molar-refractivity contribution in [3.63, 3.8) is 0 Å². The highest BCUT2D eigenvalue weighted by molar-refractivity contribution is 5.93. The van der Waals surface area contributed by atoms with Crippen molar-refractivity contribution >= 4 is 40.4 Å². The van der Waals surface area contributed by atoms with Gasteiger partial charge < -0.3 is 44.6 Å². The summed E-state index contributed by atoms with van der Waals surface area (Å²) in [5.74, 6) is -1.33. The summed E-state index contributed by atoms with van der Waals surface area (Å²) < 4.78 is 0. The van der Waals surface area contributed by atoms with E-state index in [2.05, 4.69) is 44.1 Å². The molecule has 0 bridgehead atoms. The lowest BCUT2D eigenvalue weighted by molar-refractivity contribution is -0.132. The molecule has 13 N–H and O–H groups in total. The highest BCUT2D eigenvalue weighted by Gasteiger charge is 2.28. The third-order valence-electron chi connectivity index (χ3n) is 9.07. The van der Waals surface area contributed by atoms with Gasteiger partial charge in [-0.15, -0.1) is 0 Å². The highest BCUT2D eigenvalue weighted by atomic mass is 16.2. The van der Waals surface area contributed by atoms with Gasteiger partial charge in [-0.25, -0.2) is 0 Å². The number of nitrogens with one attached hydrogen (secondary N) is 3. The molecule has 4 aromatic carbocycles. The number of aryl methyl sites for hydroxylation is 2. The average molecular weight is 735 g/mol. The minimum atomic E-state index is -0.974. The quantitative estimate of drug-likeness (QED) is 0.0359. The zero-order valence-corrected chi connectivity index (χ0v) is 30.8. The van der Waals surface area contributed by atoms with Gasteiger partial charge in [0.15, 0.2) is 11.9 Å². The SMILES string of the molecule is NC(N)=NCCCCNC(=O)[C@H](CCc1ccc2ccccc2c1)NC(=O)[C@H](CCCN=C(N)N)NC(=O)[C@@H](N)CCc1ccc(-c2ccccc2)cc1. The van der Waals surface area contributed by atoms with Crippen LogP contribution in [0.3, 0.4) is 0 Å². The van der Waals surface area contributed by atoms with Crippen molar-refractivity contribution in [3.8, 4) is 11.1 Å². The number of carbonyl (C=O) groups excluding carboxylic acids is 3. The van der Waals surface area contributed by atoms with Gasteiger partial charge in [-0.2, -0.15) is 0 Å². The molecule has 0 aliphatic heterocycles. The molecule has 4 aromatic rings. The topological polar surface area (TPSA) is 242 Å². The first-order valence-corrected chi connectivity index (χ1v) is 18.5. The van der Waals surface area contributed by atoms with Crippen LogP contribution in [0.25, 0.3) is 21.9 Å². The molecule has 0 saturated heterocycles. The number of unbranched alkanes of at least 4 members (excludes halogenated alkanes) is 1. The van der Waals surface area contributed by atoms with E-state index in [0.29, 0.717) is 58.0 Å². The molecule has 3 atom stereocenters. The lowest BCUT2D eigenvalue weighted by Crippen LogP contribution is -2.56. The molecule has 0 fully saturated rings. The van der Waals surface area contributed by atoms with Crippen LogP contribution >= 0.6 is 0 Å². The normalized spacial score (nSPS) is 12.5. The first kappa shape index (κ1) is 40.8. The number of nitrogens with two attached hydrogens (primary N) is 5. The molecule has 0 heterocycles. The van der Waals surface area contributed by atoms with Crippen molar-refractivity contribution in [3.05, 3.63) is 108 Å². The van der Waals surface area contributed by atoms with Crippen molar-refractivity contribution in [2.24, 2.45) is 38.7 Å². The van der Waals surface area contributed by atoms with Crippen molar-refractivity contribution in [2.45, 2.75) is 69.5 Å². The third kappa shape index (κ3) is 13.9. The van der Waals surface area contributed by atoms with Crippen LogP contribution in [0.4, 0.5) is 0 Å². The molecule has 0 unspecified atom stereocenters. The zero-order chi connectivity index (χ0) is 38.7. The summed E-state index contributed by atoms with van der Waals surface area (Å²) in [7, 11) is 0. The minimum absolute atomic E-state index is 0.0187. The summed E-state index contributed by atoms with van der Waals surface area (Å²) in [6.07, 6.45) is 3.77. The van der Waals surface area contributed by atoms with Crippen LogP contribution in [0, 0.1) is 0 Å². The van der Waals surface area contributed by atoms with Gasteiger partial charge in [-0.3, -0.25) is 24.4 Å². The minimum Gasteiger partial charge on any atom is -0.370 e. The van der Waals surface area contributed by atoms with Crippen LogP contribution in [-0.2, 0) is 27.2 Å². The van der Waals surface area contributed by atoms with Gasteiger partial charge in [0.05, 0.1) is 6.04 Å². The lowest BCUT2D eigenvalue weighted by Gasteiger charge is -2.24. The Labute approximate surface area is 317 Å². The Balaban J connectivity index is 1.41. The number of rotatable bonds is 21. The predicted octanol–water partition coefficient (Wildman–Crippen LogP) is 2.59. The number of fused-ring (bicyclic) bond motifs is 1. The Kier molecular flexibility index (Phi) is 16.3. The molecular formula is C41H54N10O3. The van der Waals surface area contributed by atoms with Crippen molar-refractivity contribution in [2.75, 3.05) is 19.6 Å². The Morgan fingerprint density at radius 3 is 1.83 bits per heavy atom. The first-order valence-electron chi connectivity index (χ1n) is 18.5. The number of carbonyl (C=O) groups is 3. The lowest BCUT2D eigenvalue weighted by atomic mass is 10.00. The Hall–Kier alpha value is -5.95. The molecule has 3 amide bonds. The van der Waals surface area contributed by atoms with E-state index in [9.17, 15) is 14.4 Å². The van der Waals surface area contributed by atoms with E-state index < -0.39 is 29.9 Å². The number of hydrogen-bond acceptors (Lipinski definition) is 6. The van der Waals surface area contributed by atoms with Gasteiger partial charge in [-0.05, 0) is 84.4 Å². The van der Waals surface area contributed by atoms with Gasteiger partial charge in [0.25, 0.3) is 0 Å². The molecule has 13 heteroatoms. The van der Waals surface area contributed by atoms with E-state index in [0.717, 1.165) is 33.0 Å². The van der Waals surface area contributed by atoms with Crippen LogP contribution in [-0.4, -0.2) is 67.4 Å². The Morgan fingerprint density at radius 1 is 0.556 bits per heavy atom. The monoisotopic (exact) mass is 734 g/mol. The molecule has 0 aliphatic carbocycles. The summed E-state index contributed by atoms with van der Waals surface area (Å²) in [6.45, 7) is 1.09. The second-order valence-electron chi connectivity index (χ2n) is 13.3. The zero-order valence-electron chi connectivity index (χ0n) is 30.8. The van der Waals surface area contributed by atoms with E-state index in [1.54, 1.807) is 0 Å². The summed E-state index contributed by atoms with van der Waals surface area (Å²) in [4.78, 5) is 48.8.